The van der Waals surface area contributed by atoms with Crippen molar-refractivity contribution in [2.45, 2.75) is 19.5 Å². The highest BCUT2D eigenvalue weighted by molar-refractivity contribution is 5.51. The van der Waals surface area contributed by atoms with Crippen LogP contribution < -0.4 is 10.1 Å². The molecule has 1 heterocycles. The lowest BCUT2D eigenvalue weighted by Crippen LogP contribution is -2.31. The average molecular weight is 309 g/mol. The molecule has 2 aromatic carbocycles. The number of hydrogen-bond donors (Lipinski definition) is 1. The van der Waals surface area contributed by atoms with Crippen molar-refractivity contribution in [3.63, 3.8) is 0 Å². The normalized spacial score (nSPS) is 12.0. The first-order valence-electron chi connectivity index (χ1n) is 7.60. The number of benzene rings is 2. The van der Waals surface area contributed by atoms with Gasteiger partial charge in [-0.15, -0.1) is 10.2 Å². The molecule has 0 amide bonds. The molecule has 3 rings (SSSR count). The van der Waals surface area contributed by atoms with Gasteiger partial charge in [-0.05, 0) is 31.2 Å². The molecule has 0 aliphatic rings. The molecule has 23 heavy (non-hydrogen) atoms. The average Bonchev–Trinajstić information content (AvgIpc) is 3.09. The molecule has 0 spiro atoms. The van der Waals surface area contributed by atoms with Crippen LogP contribution in [0.15, 0.2) is 65.1 Å². The Labute approximate surface area is 135 Å². The molecule has 0 bridgehead atoms. The molecule has 0 aliphatic heterocycles. The predicted octanol–water partition coefficient (Wildman–Crippen LogP) is 3.29. The van der Waals surface area contributed by atoms with E-state index in [1.807, 2.05) is 60.7 Å². The minimum atomic E-state index is 0.169. The second kappa shape index (κ2) is 7.56. The molecule has 0 aliphatic carbocycles. The van der Waals surface area contributed by atoms with E-state index in [1.54, 1.807) is 0 Å². The third-order valence-corrected chi connectivity index (χ3v) is 3.33. The van der Waals surface area contributed by atoms with E-state index in [9.17, 15) is 0 Å². The quantitative estimate of drug-likeness (QED) is 0.725. The highest BCUT2D eigenvalue weighted by Gasteiger charge is 2.09. The molecule has 1 atom stereocenters. The monoisotopic (exact) mass is 309 g/mol. The Balaban J connectivity index is 1.48. The largest absolute Gasteiger partial charge is 0.492 e. The number of ether oxygens (including phenoxy) is 1. The van der Waals surface area contributed by atoms with Gasteiger partial charge < -0.3 is 14.5 Å². The first kappa shape index (κ1) is 15.2. The van der Waals surface area contributed by atoms with Crippen molar-refractivity contribution in [2.24, 2.45) is 0 Å². The first-order chi connectivity index (χ1) is 11.3. The maximum atomic E-state index is 5.70. The minimum absolute atomic E-state index is 0.169. The molecule has 0 radical (unpaired) electrons. The summed E-state index contributed by atoms with van der Waals surface area (Å²) in [4.78, 5) is 0. The Morgan fingerprint density at radius 3 is 2.43 bits per heavy atom. The fraction of sp³-hybridized carbons (Fsp3) is 0.222. The van der Waals surface area contributed by atoms with Crippen molar-refractivity contribution in [1.82, 2.24) is 15.5 Å². The fourth-order valence-electron chi connectivity index (χ4n) is 2.08. The Hall–Kier alpha value is -2.66. The lowest BCUT2D eigenvalue weighted by atomic mass is 10.2. The van der Waals surface area contributed by atoms with Gasteiger partial charge in [0.15, 0.2) is 0 Å². The zero-order valence-corrected chi connectivity index (χ0v) is 13.0. The van der Waals surface area contributed by atoms with Crippen LogP contribution in [0.25, 0.3) is 11.5 Å². The standard InChI is InChI=1S/C18H19N3O2/c1-14(13-22-16-10-6-3-7-11-16)19-12-17-20-21-18(23-17)15-8-4-2-5-9-15/h2-11,14,19H,12-13H2,1H3. The lowest BCUT2D eigenvalue weighted by Gasteiger charge is -2.13. The molecule has 3 aromatic rings. The summed E-state index contributed by atoms with van der Waals surface area (Å²) in [5, 5.41) is 11.4. The predicted molar refractivity (Wildman–Crippen MR) is 88.0 cm³/mol. The van der Waals surface area contributed by atoms with Gasteiger partial charge in [0, 0.05) is 11.6 Å². The maximum Gasteiger partial charge on any atom is 0.247 e. The zero-order chi connectivity index (χ0) is 15.9. The van der Waals surface area contributed by atoms with Crippen LogP contribution in [-0.2, 0) is 6.54 Å². The number of para-hydroxylation sites is 1. The smallest absolute Gasteiger partial charge is 0.247 e. The Morgan fingerprint density at radius 2 is 1.70 bits per heavy atom. The van der Waals surface area contributed by atoms with Crippen LogP contribution in [-0.4, -0.2) is 22.8 Å². The molecule has 1 N–H and O–H groups in total. The molecular formula is C18H19N3O2. The zero-order valence-electron chi connectivity index (χ0n) is 13.0. The number of nitrogens with one attached hydrogen (secondary N) is 1. The van der Waals surface area contributed by atoms with Gasteiger partial charge >= 0.3 is 0 Å². The van der Waals surface area contributed by atoms with Gasteiger partial charge in [0.2, 0.25) is 11.8 Å². The van der Waals surface area contributed by atoms with Gasteiger partial charge in [-0.25, -0.2) is 0 Å². The Kier molecular flexibility index (Phi) is 5.01. The number of rotatable bonds is 7. The number of aromatic nitrogens is 2. The van der Waals surface area contributed by atoms with Crippen molar-refractivity contribution >= 4 is 0 Å². The molecule has 1 unspecified atom stereocenters. The van der Waals surface area contributed by atoms with Gasteiger partial charge in [0.1, 0.15) is 12.4 Å². The van der Waals surface area contributed by atoms with Gasteiger partial charge in [-0.3, -0.25) is 0 Å². The van der Waals surface area contributed by atoms with E-state index in [0.717, 1.165) is 11.3 Å². The second-order valence-electron chi connectivity index (χ2n) is 5.27. The van der Waals surface area contributed by atoms with Gasteiger partial charge in [-0.1, -0.05) is 36.4 Å². The van der Waals surface area contributed by atoms with Crippen molar-refractivity contribution in [1.29, 1.82) is 0 Å². The van der Waals surface area contributed by atoms with Crippen LogP contribution in [0.3, 0.4) is 0 Å². The van der Waals surface area contributed by atoms with Crippen LogP contribution >= 0.6 is 0 Å². The highest BCUT2D eigenvalue weighted by Crippen LogP contribution is 2.16. The van der Waals surface area contributed by atoms with Crippen molar-refractivity contribution in [3.05, 3.63) is 66.6 Å². The van der Waals surface area contributed by atoms with Gasteiger partial charge in [0.25, 0.3) is 0 Å². The molecular weight excluding hydrogens is 290 g/mol. The fourth-order valence-corrected chi connectivity index (χ4v) is 2.08. The van der Waals surface area contributed by atoms with E-state index in [1.165, 1.54) is 0 Å². The van der Waals surface area contributed by atoms with Crippen LogP contribution in [0.5, 0.6) is 5.75 Å². The molecule has 0 fully saturated rings. The SMILES string of the molecule is CC(COc1ccccc1)NCc1nnc(-c2ccccc2)o1. The summed E-state index contributed by atoms with van der Waals surface area (Å²) in [7, 11) is 0. The summed E-state index contributed by atoms with van der Waals surface area (Å²) in [6, 6.07) is 19.7. The Bertz CT molecular complexity index is 713. The molecule has 118 valence electrons. The molecule has 0 saturated heterocycles. The number of nitrogens with zero attached hydrogens (tertiary/aromatic N) is 2. The summed E-state index contributed by atoms with van der Waals surface area (Å²) in [5.41, 5.74) is 0.923. The van der Waals surface area contributed by atoms with Gasteiger partial charge in [0.05, 0.1) is 6.54 Å². The van der Waals surface area contributed by atoms with Crippen molar-refractivity contribution < 1.29 is 9.15 Å². The van der Waals surface area contributed by atoms with E-state index >= 15 is 0 Å². The molecule has 5 nitrogen and oxygen atoms in total. The summed E-state index contributed by atoms with van der Waals surface area (Å²) < 4.78 is 11.4. The lowest BCUT2D eigenvalue weighted by molar-refractivity contribution is 0.268. The van der Waals surface area contributed by atoms with E-state index in [0.29, 0.717) is 24.9 Å². The molecule has 1 aromatic heterocycles. The first-order valence-corrected chi connectivity index (χ1v) is 7.60. The van der Waals surface area contributed by atoms with E-state index in [-0.39, 0.29) is 6.04 Å². The van der Waals surface area contributed by atoms with Crippen LogP contribution in [0.4, 0.5) is 0 Å². The van der Waals surface area contributed by atoms with E-state index in [4.69, 9.17) is 9.15 Å². The van der Waals surface area contributed by atoms with Crippen molar-refractivity contribution in [2.75, 3.05) is 6.61 Å². The third kappa shape index (κ3) is 4.40. The summed E-state index contributed by atoms with van der Waals surface area (Å²) in [6.07, 6.45) is 0. The van der Waals surface area contributed by atoms with Gasteiger partial charge in [-0.2, -0.15) is 0 Å². The van der Waals surface area contributed by atoms with Crippen molar-refractivity contribution in [3.8, 4) is 17.2 Å². The van der Waals surface area contributed by atoms with E-state index in [2.05, 4.69) is 22.4 Å². The molecule has 0 saturated carbocycles. The maximum absolute atomic E-state index is 5.70. The van der Waals surface area contributed by atoms with Crippen LogP contribution in [0.1, 0.15) is 12.8 Å². The van der Waals surface area contributed by atoms with E-state index < -0.39 is 0 Å². The Morgan fingerprint density at radius 1 is 1.00 bits per heavy atom. The van der Waals surface area contributed by atoms with Crippen LogP contribution in [0.2, 0.25) is 0 Å². The molecule has 5 heteroatoms. The summed E-state index contributed by atoms with van der Waals surface area (Å²) in [5.74, 6) is 1.97. The third-order valence-electron chi connectivity index (χ3n) is 3.33. The highest BCUT2D eigenvalue weighted by atomic mass is 16.5. The summed E-state index contributed by atoms with van der Waals surface area (Å²) >= 11 is 0. The topological polar surface area (TPSA) is 60.2 Å². The number of hydrogen-bond acceptors (Lipinski definition) is 5. The van der Waals surface area contributed by atoms with Crippen LogP contribution in [0, 0.1) is 0 Å². The minimum Gasteiger partial charge on any atom is -0.492 e. The summed E-state index contributed by atoms with van der Waals surface area (Å²) in [6.45, 7) is 3.14. The second-order valence-corrected chi connectivity index (χ2v) is 5.27.